The van der Waals surface area contributed by atoms with Gasteiger partial charge in [0, 0.05) is 18.8 Å². The van der Waals surface area contributed by atoms with E-state index in [0.717, 1.165) is 12.8 Å². The van der Waals surface area contributed by atoms with Crippen molar-refractivity contribution in [1.29, 1.82) is 0 Å². The summed E-state index contributed by atoms with van der Waals surface area (Å²) in [6, 6.07) is 10.7. The van der Waals surface area contributed by atoms with E-state index >= 15 is 0 Å². The van der Waals surface area contributed by atoms with E-state index in [9.17, 15) is 26.4 Å². The topological polar surface area (TPSA) is 153 Å². The standard InChI is InChI=1S/C19H21N3O7S2/c20-30(25,26)16-7-4-6-15(12-16)21-18(23)13-29-19(24)14-5-3-8-17(11-14)31(27,28)22-9-1-2-10-22/h3-8,11-12H,1-2,9-10,13H2,(H,21,23)(H2,20,25,26). The number of hydrogen-bond donors (Lipinski definition) is 2. The van der Waals surface area contributed by atoms with E-state index in [-0.39, 0.29) is 21.0 Å². The third kappa shape index (κ3) is 5.67. The van der Waals surface area contributed by atoms with Gasteiger partial charge < -0.3 is 10.1 Å². The van der Waals surface area contributed by atoms with Crippen LogP contribution in [0, 0.1) is 0 Å². The Labute approximate surface area is 180 Å². The minimum absolute atomic E-state index is 0.00991. The van der Waals surface area contributed by atoms with Crippen molar-refractivity contribution < 1.29 is 31.2 Å². The summed E-state index contributed by atoms with van der Waals surface area (Å²) < 4.78 is 54.3. The van der Waals surface area contributed by atoms with E-state index in [1.54, 1.807) is 0 Å². The number of esters is 1. The molecule has 1 amide bonds. The predicted molar refractivity (Wildman–Crippen MR) is 111 cm³/mol. The molecule has 1 saturated heterocycles. The zero-order valence-corrected chi connectivity index (χ0v) is 18.0. The summed E-state index contributed by atoms with van der Waals surface area (Å²) in [5.74, 6) is -1.58. The molecule has 2 aromatic rings. The lowest BCUT2D eigenvalue weighted by Gasteiger charge is -2.15. The van der Waals surface area contributed by atoms with E-state index < -0.39 is 38.5 Å². The molecule has 0 aliphatic carbocycles. The molecule has 0 bridgehead atoms. The number of amides is 1. The molecule has 12 heteroatoms. The highest BCUT2D eigenvalue weighted by Crippen LogP contribution is 2.22. The molecule has 3 N–H and O–H groups in total. The zero-order valence-electron chi connectivity index (χ0n) is 16.4. The average Bonchev–Trinajstić information content (AvgIpc) is 3.27. The summed E-state index contributed by atoms with van der Waals surface area (Å²) in [5.41, 5.74) is 0.149. The van der Waals surface area contributed by atoms with Gasteiger partial charge in [-0.15, -0.1) is 0 Å². The molecule has 166 valence electrons. The van der Waals surface area contributed by atoms with Crippen LogP contribution in [0.4, 0.5) is 5.69 Å². The van der Waals surface area contributed by atoms with Gasteiger partial charge in [0.2, 0.25) is 20.0 Å². The number of nitrogens with two attached hydrogens (primary N) is 1. The number of rotatable bonds is 7. The maximum Gasteiger partial charge on any atom is 0.338 e. The normalized spacial score (nSPS) is 14.9. The van der Waals surface area contributed by atoms with Gasteiger partial charge in [0.15, 0.2) is 6.61 Å². The fourth-order valence-corrected chi connectivity index (χ4v) is 5.15. The highest BCUT2D eigenvalue weighted by Gasteiger charge is 2.27. The van der Waals surface area contributed by atoms with Crippen LogP contribution in [0.15, 0.2) is 58.3 Å². The van der Waals surface area contributed by atoms with Crippen molar-refractivity contribution in [3.05, 3.63) is 54.1 Å². The van der Waals surface area contributed by atoms with Gasteiger partial charge in [-0.3, -0.25) is 4.79 Å². The zero-order chi connectivity index (χ0) is 22.6. The first kappa shape index (κ1) is 22.9. The Morgan fingerprint density at radius 3 is 2.29 bits per heavy atom. The molecule has 0 radical (unpaired) electrons. The Balaban J connectivity index is 1.63. The molecule has 1 fully saturated rings. The number of ether oxygens (including phenoxy) is 1. The maximum absolute atomic E-state index is 12.6. The molecule has 2 aromatic carbocycles. The summed E-state index contributed by atoms with van der Waals surface area (Å²) in [6.45, 7) is 0.217. The molecule has 1 heterocycles. The number of anilines is 1. The third-order valence-corrected chi connectivity index (χ3v) is 7.36. The van der Waals surface area contributed by atoms with E-state index in [2.05, 4.69) is 5.32 Å². The van der Waals surface area contributed by atoms with Gasteiger partial charge in [0.1, 0.15) is 0 Å². The van der Waals surface area contributed by atoms with Gasteiger partial charge in [0.25, 0.3) is 5.91 Å². The highest BCUT2D eigenvalue weighted by atomic mass is 32.2. The molecule has 1 aliphatic rings. The lowest BCUT2D eigenvalue weighted by Crippen LogP contribution is -2.28. The average molecular weight is 468 g/mol. The van der Waals surface area contributed by atoms with Gasteiger partial charge in [-0.2, -0.15) is 4.31 Å². The monoisotopic (exact) mass is 467 g/mol. The van der Waals surface area contributed by atoms with Crippen LogP contribution < -0.4 is 10.5 Å². The van der Waals surface area contributed by atoms with E-state index in [4.69, 9.17) is 9.88 Å². The first-order chi connectivity index (χ1) is 14.6. The van der Waals surface area contributed by atoms with Crippen LogP contribution in [0.5, 0.6) is 0 Å². The van der Waals surface area contributed by atoms with E-state index in [1.165, 1.54) is 52.8 Å². The molecular formula is C19H21N3O7S2. The van der Waals surface area contributed by atoms with Crippen LogP contribution in [0.3, 0.4) is 0 Å². The number of sulfonamides is 2. The summed E-state index contributed by atoms with van der Waals surface area (Å²) >= 11 is 0. The minimum atomic E-state index is -3.93. The Bertz CT molecular complexity index is 1200. The number of hydrogen-bond acceptors (Lipinski definition) is 7. The Kier molecular flexibility index (Phi) is 6.74. The van der Waals surface area contributed by atoms with Gasteiger partial charge in [-0.05, 0) is 49.2 Å². The smallest absolute Gasteiger partial charge is 0.338 e. The van der Waals surface area contributed by atoms with Gasteiger partial charge in [-0.1, -0.05) is 12.1 Å². The van der Waals surface area contributed by atoms with Gasteiger partial charge in [-0.25, -0.2) is 26.8 Å². The van der Waals surface area contributed by atoms with Crippen molar-refractivity contribution in [2.75, 3.05) is 25.0 Å². The van der Waals surface area contributed by atoms with Crippen molar-refractivity contribution in [3.63, 3.8) is 0 Å². The summed E-state index contributed by atoms with van der Waals surface area (Å²) in [5, 5.41) is 7.44. The lowest BCUT2D eigenvalue weighted by atomic mass is 10.2. The molecule has 31 heavy (non-hydrogen) atoms. The Hall–Kier alpha value is -2.80. The molecule has 0 unspecified atom stereocenters. The van der Waals surface area contributed by atoms with Crippen LogP contribution >= 0.6 is 0 Å². The predicted octanol–water partition coefficient (Wildman–Crippen LogP) is 0.914. The molecule has 0 atom stereocenters. The summed E-state index contributed by atoms with van der Waals surface area (Å²) in [6.07, 6.45) is 1.58. The van der Waals surface area contributed by atoms with Crippen molar-refractivity contribution in [1.82, 2.24) is 4.31 Å². The van der Waals surface area contributed by atoms with Crippen molar-refractivity contribution in [2.24, 2.45) is 5.14 Å². The van der Waals surface area contributed by atoms with Crippen LogP contribution in [-0.2, 0) is 29.6 Å². The fraction of sp³-hybridized carbons (Fsp3) is 0.263. The number of benzene rings is 2. The van der Waals surface area contributed by atoms with Crippen LogP contribution in [0.1, 0.15) is 23.2 Å². The number of carbonyl (C=O) groups is 2. The van der Waals surface area contributed by atoms with Crippen molar-refractivity contribution in [2.45, 2.75) is 22.6 Å². The van der Waals surface area contributed by atoms with E-state index in [1.807, 2.05) is 0 Å². The number of primary sulfonamides is 1. The first-order valence-corrected chi connectivity index (χ1v) is 12.3. The molecule has 0 aromatic heterocycles. The second-order valence-electron chi connectivity index (χ2n) is 6.84. The van der Waals surface area contributed by atoms with Crippen molar-refractivity contribution in [3.8, 4) is 0 Å². The fourth-order valence-electron chi connectivity index (χ4n) is 3.02. The highest BCUT2D eigenvalue weighted by molar-refractivity contribution is 7.89. The second-order valence-corrected chi connectivity index (χ2v) is 10.3. The summed E-state index contributed by atoms with van der Waals surface area (Å²) in [4.78, 5) is 24.1. The minimum Gasteiger partial charge on any atom is -0.452 e. The van der Waals surface area contributed by atoms with Crippen LogP contribution in [0.25, 0.3) is 0 Å². The van der Waals surface area contributed by atoms with Gasteiger partial charge >= 0.3 is 5.97 Å². The number of nitrogens with zero attached hydrogens (tertiary/aromatic N) is 1. The molecule has 10 nitrogen and oxygen atoms in total. The van der Waals surface area contributed by atoms with Crippen molar-refractivity contribution >= 4 is 37.6 Å². The molecule has 0 saturated carbocycles. The summed E-state index contributed by atoms with van der Waals surface area (Å²) in [7, 11) is -7.63. The quantitative estimate of drug-likeness (QED) is 0.574. The Morgan fingerprint density at radius 2 is 1.61 bits per heavy atom. The molecular weight excluding hydrogens is 446 g/mol. The lowest BCUT2D eigenvalue weighted by molar-refractivity contribution is -0.119. The van der Waals surface area contributed by atoms with Crippen LogP contribution in [0.2, 0.25) is 0 Å². The largest absolute Gasteiger partial charge is 0.452 e. The molecule has 0 spiro atoms. The molecule has 1 aliphatic heterocycles. The number of nitrogens with one attached hydrogen (secondary N) is 1. The van der Waals surface area contributed by atoms with Crippen LogP contribution in [-0.4, -0.2) is 52.7 Å². The first-order valence-electron chi connectivity index (χ1n) is 9.27. The number of carbonyl (C=O) groups excluding carboxylic acids is 2. The molecule has 3 rings (SSSR count). The van der Waals surface area contributed by atoms with Gasteiger partial charge in [0.05, 0.1) is 15.4 Å². The SMILES string of the molecule is NS(=O)(=O)c1cccc(NC(=O)COC(=O)c2cccc(S(=O)(=O)N3CCCC3)c2)c1. The maximum atomic E-state index is 12.6. The Morgan fingerprint density at radius 1 is 0.968 bits per heavy atom. The van der Waals surface area contributed by atoms with E-state index in [0.29, 0.717) is 13.1 Å². The third-order valence-electron chi connectivity index (χ3n) is 4.55. The second kappa shape index (κ2) is 9.14.